The van der Waals surface area contributed by atoms with Crippen molar-refractivity contribution in [2.45, 2.75) is 78.4 Å². The van der Waals surface area contributed by atoms with E-state index in [0.717, 1.165) is 44.8 Å². The van der Waals surface area contributed by atoms with Crippen LogP contribution in [0.4, 0.5) is 4.79 Å². The first-order chi connectivity index (χ1) is 9.81. The van der Waals surface area contributed by atoms with Crippen LogP contribution in [0.2, 0.25) is 0 Å². The number of hydrogen-bond donors (Lipinski definition) is 1. The molecule has 2 atom stereocenters. The molecule has 2 unspecified atom stereocenters. The molecule has 1 N–H and O–H groups in total. The predicted molar refractivity (Wildman–Crippen MR) is 87.5 cm³/mol. The number of ether oxygens (including phenoxy) is 1. The first-order valence-corrected chi connectivity index (χ1v) is 8.53. The molecule has 1 rings (SSSR count). The van der Waals surface area contributed by atoms with E-state index in [0.29, 0.717) is 6.04 Å². The summed E-state index contributed by atoms with van der Waals surface area (Å²) in [6.07, 6.45) is 5.60. The van der Waals surface area contributed by atoms with Crippen molar-refractivity contribution in [3.63, 3.8) is 0 Å². The van der Waals surface area contributed by atoms with E-state index < -0.39 is 5.60 Å². The van der Waals surface area contributed by atoms with Gasteiger partial charge in [0.05, 0.1) is 0 Å². The molecule has 0 spiro atoms. The summed E-state index contributed by atoms with van der Waals surface area (Å²) in [5.74, 6) is 0.736. The van der Waals surface area contributed by atoms with Crippen molar-refractivity contribution in [3.05, 3.63) is 0 Å². The van der Waals surface area contributed by atoms with Gasteiger partial charge in [0.2, 0.25) is 0 Å². The Morgan fingerprint density at radius 2 is 2.05 bits per heavy atom. The van der Waals surface area contributed by atoms with Gasteiger partial charge in [0.25, 0.3) is 0 Å². The second-order valence-electron chi connectivity index (χ2n) is 7.40. The quantitative estimate of drug-likeness (QED) is 0.839. The number of amides is 1. The molecule has 0 saturated carbocycles. The van der Waals surface area contributed by atoms with Crippen molar-refractivity contribution in [1.82, 2.24) is 10.2 Å². The van der Waals surface area contributed by atoms with Crippen LogP contribution >= 0.6 is 0 Å². The molecule has 21 heavy (non-hydrogen) atoms. The monoisotopic (exact) mass is 298 g/mol. The fourth-order valence-electron chi connectivity index (χ4n) is 2.77. The number of carbonyl (C=O) groups is 1. The third-order valence-corrected chi connectivity index (χ3v) is 3.92. The largest absolute Gasteiger partial charge is 0.444 e. The van der Waals surface area contributed by atoms with E-state index in [1.54, 1.807) is 0 Å². The Balaban J connectivity index is 2.34. The molecule has 0 aromatic rings. The second-order valence-corrected chi connectivity index (χ2v) is 7.40. The van der Waals surface area contributed by atoms with Crippen LogP contribution < -0.4 is 5.32 Å². The van der Waals surface area contributed by atoms with Crippen LogP contribution in [0, 0.1) is 5.92 Å². The zero-order valence-corrected chi connectivity index (χ0v) is 14.6. The molecule has 1 fully saturated rings. The molecular formula is C17H34N2O2. The van der Waals surface area contributed by atoms with Crippen LogP contribution in [0.1, 0.15) is 66.7 Å². The van der Waals surface area contributed by atoms with Crippen LogP contribution in [0.3, 0.4) is 0 Å². The first-order valence-electron chi connectivity index (χ1n) is 8.53. The molecule has 0 aromatic heterocycles. The fourth-order valence-corrected chi connectivity index (χ4v) is 2.77. The lowest BCUT2D eigenvalue weighted by Gasteiger charge is -2.26. The fraction of sp³-hybridized carbons (Fsp3) is 0.941. The Hall–Kier alpha value is -0.770. The summed E-state index contributed by atoms with van der Waals surface area (Å²) < 4.78 is 5.46. The van der Waals surface area contributed by atoms with Crippen LogP contribution in [-0.4, -0.2) is 42.3 Å². The first kappa shape index (κ1) is 18.3. The maximum absolute atomic E-state index is 12.1. The molecule has 0 aromatic carbocycles. The van der Waals surface area contributed by atoms with E-state index >= 15 is 0 Å². The summed E-state index contributed by atoms with van der Waals surface area (Å²) in [6.45, 7) is 13.0. The highest BCUT2D eigenvalue weighted by Crippen LogP contribution is 2.16. The lowest BCUT2D eigenvalue weighted by molar-refractivity contribution is 0.0256. The van der Waals surface area contributed by atoms with Gasteiger partial charge in [-0.3, -0.25) is 0 Å². The summed E-state index contributed by atoms with van der Waals surface area (Å²) in [5, 5.41) is 3.68. The van der Waals surface area contributed by atoms with Crippen LogP contribution in [0.15, 0.2) is 0 Å². The molecule has 1 heterocycles. The standard InChI is InChI=1S/C17H34N2O2/c1-6-8-14(2)13-18-15-9-7-11-19(12-10-15)16(20)21-17(3,4)5/h14-15,18H,6-13H2,1-5H3. The van der Waals surface area contributed by atoms with Crippen molar-refractivity contribution in [3.8, 4) is 0 Å². The number of nitrogens with one attached hydrogen (secondary N) is 1. The highest BCUT2D eigenvalue weighted by atomic mass is 16.6. The van der Waals surface area contributed by atoms with Gasteiger partial charge < -0.3 is 15.0 Å². The van der Waals surface area contributed by atoms with E-state index in [-0.39, 0.29) is 6.09 Å². The smallest absolute Gasteiger partial charge is 0.410 e. The molecule has 124 valence electrons. The molecule has 1 aliphatic heterocycles. The summed E-state index contributed by atoms with van der Waals surface area (Å²) >= 11 is 0. The van der Waals surface area contributed by atoms with E-state index in [9.17, 15) is 4.79 Å². The Morgan fingerprint density at radius 3 is 2.67 bits per heavy atom. The summed E-state index contributed by atoms with van der Waals surface area (Å²) in [5.41, 5.74) is -0.406. The van der Waals surface area contributed by atoms with Crippen molar-refractivity contribution in [1.29, 1.82) is 0 Å². The van der Waals surface area contributed by atoms with Crippen molar-refractivity contribution >= 4 is 6.09 Å². The average molecular weight is 298 g/mol. The molecule has 0 radical (unpaired) electrons. The lowest BCUT2D eigenvalue weighted by Crippen LogP contribution is -2.38. The maximum atomic E-state index is 12.1. The molecule has 4 heteroatoms. The van der Waals surface area contributed by atoms with Crippen molar-refractivity contribution in [2.24, 2.45) is 5.92 Å². The van der Waals surface area contributed by atoms with E-state index in [2.05, 4.69) is 19.2 Å². The third-order valence-electron chi connectivity index (χ3n) is 3.92. The minimum Gasteiger partial charge on any atom is -0.444 e. The third kappa shape index (κ3) is 7.70. The maximum Gasteiger partial charge on any atom is 0.410 e. The van der Waals surface area contributed by atoms with Crippen LogP contribution in [0.5, 0.6) is 0 Å². The lowest BCUT2D eigenvalue weighted by atomic mass is 10.0. The molecule has 1 saturated heterocycles. The Kier molecular flexibility index (Phi) is 7.50. The normalized spacial score (nSPS) is 21.8. The Bertz CT molecular complexity index is 312. The highest BCUT2D eigenvalue weighted by Gasteiger charge is 2.25. The number of rotatable bonds is 5. The summed E-state index contributed by atoms with van der Waals surface area (Å²) in [7, 11) is 0. The van der Waals surface area contributed by atoms with Crippen molar-refractivity contribution < 1.29 is 9.53 Å². The topological polar surface area (TPSA) is 41.6 Å². The van der Waals surface area contributed by atoms with Gasteiger partial charge in [-0.2, -0.15) is 0 Å². The predicted octanol–water partition coefficient (Wildman–Crippen LogP) is 3.80. The molecule has 1 amide bonds. The van der Waals surface area contributed by atoms with E-state index in [4.69, 9.17) is 4.74 Å². The molecule has 0 aliphatic carbocycles. The minimum atomic E-state index is -0.406. The molecule has 4 nitrogen and oxygen atoms in total. The Morgan fingerprint density at radius 1 is 1.33 bits per heavy atom. The van der Waals surface area contributed by atoms with Gasteiger partial charge in [0, 0.05) is 19.1 Å². The minimum absolute atomic E-state index is 0.164. The zero-order chi connectivity index (χ0) is 15.9. The number of hydrogen-bond acceptors (Lipinski definition) is 3. The van der Waals surface area contributed by atoms with Gasteiger partial charge in [-0.25, -0.2) is 4.79 Å². The van der Waals surface area contributed by atoms with Gasteiger partial charge in [0.1, 0.15) is 5.60 Å². The number of carbonyl (C=O) groups excluding carboxylic acids is 1. The Labute approximate surface area is 130 Å². The van der Waals surface area contributed by atoms with Gasteiger partial charge in [-0.15, -0.1) is 0 Å². The molecule has 0 bridgehead atoms. The molecular weight excluding hydrogens is 264 g/mol. The van der Waals surface area contributed by atoms with Crippen LogP contribution in [0.25, 0.3) is 0 Å². The second kappa shape index (κ2) is 8.62. The summed E-state index contributed by atoms with van der Waals surface area (Å²) in [6, 6.07) is 0.539. The molecule has 1 aliphatic rings. The van der Waals surface area contributed by atoms with Crippen LogP contribution in [-0.2, 0) is 4.74 Å². The van der Waals surface area contributed by atoms with Gasteiger partial charge in [0.15, 0.2) is 0 Å². The summed E-state index contributed by atoms with van der Waals surface area (Å²) in [4.78, 5) is 14.0. The number of nitrogens with zero attached hydrogens (tertiary/aromatic N) is 1. The highest BCUT2D eigenvalue weighted by molar-refractivity contribution is 5.68. The average Bonchev–Trinajstić information content (AvgIpc) is 2.60. The van der Waals surface area contributed by atoms with Gasteiger partial charge in [-0.05, 0) is 58.9 Å². The SMILES string of the molecule is CCCC(C)CNC1CCCN(C(=O)OC(C)(C)C)CC1. The van der Waals surface area contributed by atoms with E-state index in [1.807, 2.05) is 25.7 Å². The van der Waals surface area contributed by atoms with Gasteiger partial charge >= 0.3 is 6.09 Å². The zero-order valence-electron chi connectivity index (χ0n) is 14.6. The van der Waals surface area contributed by atoms with Gasteiger partial charge in [-0.1, -0.05) is 20.3 Å². The van der Waals surface area contributed by atoms with E-state index in [1.165, 1.54) is 12.8 Å². The number of likely N-dealkylation sites (tertiary alicyclic amines) is 1. The van der Waals surface area contributed by atoms with Crippen molar-refractivity contribution in [2.75, 3.05) is 19.6 Å².